The second-order valence-corrected chi connectivity index (χ2v) is 10.4. The van der Waals surface area contributed by atoms with Gasteiger partial charge < -0.3 is 0 Å². The third-order valence-electron chi connectivity index (χ3n) is 4.64. The molecule has 0 aliphatic rings. The van der Waals surface area contributed by atoms with E-state index < -0.39 is 15.7 Å². The van der Waals surface area contributed by atoms with Gasteiger partial charge in [-0.2, -0.15) is 0 Å². The predicted octanol–water partition coefficient (Wildman–Crippen LogP) is 3.12. The van der Waals surface area contributed by atoms with Crippen LogP contribution in [0.5, 0.6) is 0 Å². The van der Waals surface area contributed by atoms with Gasteiger partial charge in [-0.15, -0.1) is 0 Å². The maximum atomic E-state index is 13.1. The molecule has 0 aliphatic heterocycles. The molecule has 0 fully saturated rings. The second-order valence-electron chi connectivity index (χ2n) is 8.35. The monoisotopic (exact) mass is 413 g/mol. The first kappa shape index (κ1) is 21.3. The van der Waals surface area contributed by atoms with Gasteiger partial charge in [0.2, 0.25) is 0 Å². The molecule has 1 N–H and O–H groups in total. The average molecular weight is 414 g/mol. The smallest absolute Gasteiger partial charge is 0.261 e. The first-order chi connectivity index (χ1) is 13.5. The van der Waals surface area contributed by atoms with Crippen LogP contribution < -0.4 is 10.3 Å². The molecule has 8 heteroatoms. The van der Waals surface area contributed by atoms with E-state index in [4.69, 9.17) is 4.98 Å². The summed E-state index contributed by atoms with van der Waals surface area (Å²) in [6, 6.07) is 3.55. The summed E-state index contributed by atoms with van der Waals surface area (Å²) < 4.78 is 16.8. The number of fused-ring (bicyclic) bond motifs is 1. The van der Waals surface area contributed by atoms with Crippen molar-refractivity contribution in [3.05, 3.63) is 51.6 Å². The first-order valence-electron chi connectivity index (χ1n) is 9.47. The van der Waals surface area contributed by atoms with Crippen LogP contribution in [0.3, 0.4) is 0 Å². The minimum Gasteiger partial charge on any atom is -0.293 e. The lowest BCUT2D eigenvalue weighted by Gasteiger charge is -2.23. The number of hydrogen-bond donors (Lipinski definition) is 1. The molecule has 2 aromatic heterocycles. The Labute approximate surface area is 173 Å². The van der Waals surface area contributed by atoms with Gasteiger partial charge >= 0.3 is 0 Å². The van der Waals surface area contributed by atoms with Gasteiger partial charge in [0.1, 0.15) is 0 Å². The lowest BCUT2D eigenvalue weighted by molar-refractivity contribution is 0.617. The van der Waals surface area contributed by atoms with Crippen molar-refractivity contribution >= 4 is 21.9 Å². The third-order valence-corrected chi connectivity index (χ3v) is 6.32. The molecule has 1 aromatic carbocycles. The Morgan fingerprint density at radius 1 is 1.10 bits per heavy atom. The van der Waals surface area contributed by atoms with Crippen molar-refractivity contribution < 1.29 is 4.21 Å². The maximum absolute atomic E-state index is 13.1. The third kappa shape index (κ3) is 4.28. The average Bonchev–Trinajstić information content (AvgIpc) is 2.64. The number of rotatable bonds is 4. The van der Waals surface area contributed by atoms with Crippen LogP contribution in [0, 0.1) is 13.8 Å². The van der Waals surface area contributed by atoms with Crippen molar-refractivity contribution in [3.8, 4) is 11.6 Å². The van der Waals surface area contributed by atoms with Crippen molar-refractivity contribution in [2.45, 2.75) is 52.3 Å². The van der Waals surface area contributed by atoms with Gasteiger partial charge in [-0.05, 0) is 64.3 Å². The van der Waals surface area contributed by atoms with Gasteiger partial charge in [-0.3, -0.25) is 9.36 Å². The van der Waals surface area contributed by atoms with Crippen LogP contribution in [0.4, 0.5) is 0 Å². The van der Waals surface area contributed by atoms with Gasteiger partial charge in [0.25, 0.3) is 5.56 Å². The van der Waals surface area contributed by atoms with Crippen molar-refractivity contribution in [2.75, 3.05) is 0 Å². The summed E-state index contributed by atoms with van der Waals surface area (Å²) in [5, 5.41) is 0.522. The van der Waals surface area contributed by atoms with Gasteiger partial charge in [-0.25, -0.2) is 23.9 Å². The van der Waals surface area contributed by atoms with E-state index in [0.29, 0.717) is 22.6 Å². The largest absolute Gasteiger partial charge is 0.293 e. The minimum absolute atomic E-state index is 0.164. The summed E-state index contributed by atoms with van der Waals surface area (Å²) in [6.45, 7) is 11.5. The molecule has 2 unspecified atom stereocenters. The standard InChI is InChI=1S/C21H27N5O2S/c1-12-8-15(14(3)25-29(28)21(4,5)6)17-16(9-12)20(27)26(7)19(24-17)18-22-10-13(2)11-23-18/h8-11,14,25H,1-7H3. The Bertz CT molecular complexity index is 1150. The summed E-state index contributed by atoms with van der Waals surface area (Å²) in [7, 11) is 0.415. The SMILES string of the molecule is Cc1cnc(-c2nc3c(C(C)NS(=O)C(C)(C)C)cc(C)cc3c(=O)n2C)nc1. The lowest BCUT2D eigenvalue weighted by atomic mass is 10.0. The topological polar surface area (TPSA) is 89.8 Å². The fraction of sp³-hybridized carbons (Fsp3) is 0.429. The van der Waals surface area contributed by atoms with Crippen LogP contribution in [0.15, 0.2) is 29.3 Å². The first-order valence-corrected chi connectivity index (χ1v) is 10.6. The Balaban J connectivity index is 2.22. The highest BCUT2D eigenvalue weighted by molar-refractivity contribution is 7.84. The van der Waals surface area contributed by atoms with Crippen LogP contribution >= 0.6 is 0 Å². The molecule has 0 amide bonds. The quantitative estimate of drug-likeness (QED) is 0.710. The van der Waals surface area contributed by atoms with Crippen LogP contribution in [-0.4, -0.2) is 28.5 Å². The Morgan fingerprint density at radius 2 is 1.72 bits per heavy atom. The molecule has 154 valence electrons. The zero-order valence-corrected chi connectivity index (χ0v) is 18.7. The van der Waals surface area contributed by atoms with Gasteiger partial charge in [0.15, 0.2) is 11.6 Å². The van der Waals surface area contributed by atoms with E-state index in [1.165, 1.54) is 4.57 Å². The second kappa shape index (κ2) is 7.76. The highest BCUT2D eigenvalue weighted by Gasteiger charge is 2.24. The molecule has 29 heavy (non-hydrogen) atoms. The van der Waals surface area contributed by atoms with E-state index in [0.717, 1.165) is 16.7 Å². The van der Waals surface area contributed by atoms with E-state index in [2.05, 4.69) is 14.7 Å². The predicted molar refractivity (Wildman–Crippen MR) is 117 cm³/mol. The Hall–Kier alpha value is -2.45. The summed E-state index contributed by atoms with van der Waals surface area (Å²) in [5.74, 6) is 0.791. The molecule has 7 nitrogen and oxygen atoms in total. The molecule has 3 rings (SSSR count). The molecule has 2 heterocycles. The van der Waals surface area contributed by atoms with E-state index >= 15 is 0 Å². The van der Waals surface area contributed by atoms with Crippen molar-refractivity contribution in [2.24, 2.45) is 7.05 Å². The van der Waals surface area contributed by atoms with Crippen molar-refractivity contribution in [3.63, 3.8) is 0 Å². The van der Waals surface area contributed by atoms with Crippen LogP contribution in [0.2, 0.25) is 0 Å². The zero-order valence-electron chi connectivity index (χ0n) is 17.9. The number of nitrogens with zero attached hydrogens (tertiary/aromatic N) is 4. The summed E-state index contributed by atoms with van der Waals surface area (Å²) in [5.41, 5.74) is 3.11. The van der Waals surface area contributed by atoms with Crippen LogP contribution in [0.1, 0.15) is 50.4 Å². The summed E-state index contributed by atoms with van der Waals surface area (Å²) >= 11 is 0. The summed E-state index contributed by atoms with van der Waals surface area (Å²) in [6.07, 6.45) is 3.40. The van der Waals surface area contributed by atoms with Gasteiger partial charge in [0.05, 0.1) is 26.6 Å². The fourth-order valence-corrected chi connectivity index (χ4v) is 3.79. The Kier molecular flexibility index (Phi) is 5.69. The number of aromatic nitrogens is 4. The van der Waals surface area contributed by atoms with E-state index in [9.17, 15) is 9.00 Å². The molecule has 0 saturated heterocycles. The fourth-order valence-electron chi connectivity index (χ4n) is 2.99. The molecule has 0 aliphatic carbocycles. The van der Waals surface area contributed by atoms with E-state index in [1.54, 1.807) is 19.4 Å². The van der Waals surface area contributed by atoms with Crippen molar-refractivity contribution in [1.29, 1.82) is 0 Å². The van der Waals surface area contributed by atoms with E-state index in [1.807, 2.05) is 53.7 Å². The van der Waals surface area contributed by atoms with Crippen LogP contribution in [-0.2, 0) is 18.0 Å². The zero-order chi connectivity index (χ0) is 21.5. The molecule has 0 saturated carbocycles. The molecular weight excluding hydrogens is 386 g/mol. The molecule has 0 spiro atoms. The molecule has 2 atom stereocenters. The number of aryl methyl sites for hydroxylation is 2. The normalized spacial score (nSPS) is 14.2. The highest BCUT2D eigenvalue weighted by Crippen LogP contribution is 2.26. The molecule has 0 bridgehead atoms. The number of nitrogens with one attached hydrogen (secondary N) is 1. The number of benzene rings is 1. The minimum atomic E-state index is -1.26. The number of hydrogen-bond acceptors (Lipinski definition) is 5. The van der Waals surface area contributed by atoms with E-state index in [-0.39, 0.29) is 11.6 Å². The maximum Gasteiger partial charge on any atom is 0.261 e. The molecule has 3 aromatic rings. The Morgan fingerprint density at radius 3 is 2.31 bits per heavy atom. The molecule has 0 radical (unpaired) electrons. The molecular formula is C21H27N5O2S. The van der Waals surface area contributed by atoms with Gasteiger partial charge in [-0.1, -0.05) is 6.07 Å². The van der Waals surface area contributed by atoms with Gasteiger partial charge in [0, 0.05) is 25.5 Å². The highest BCUT2D eigenvalue weighted by atomic mass is 32.2. The lowest BCUT2D eigenvalue weighted by Crippen LogP contribution is -2.35. The van der Waals surface area contributed by atoms with Crippen LogP contribution in [0.25, 0.3) is 22.6 Å². The van der Waals surface area contributed by atoms with Crippen molar-refractivity contribution in [1.82, 2.24) is 24.2 Å². The summed E-state index contributed by atoms with van der Waals surface area (Å²) in [4.78, 5) is 26.5.